The van der Waals surface area contributed by atoms with Gasteiger partial charge in [-0.1, -0.05) is 28.1 Å². The van der Waals surface area contributed by atoms with E-state index in [2.05, 4.69) is 21.4 Å². The standard InChI is InChI=1S/C21H17BrF6N2O/c22-17-6-4-13(5-7-17)9-18-3-1-2-8-30(18)29-19(31)14-10-15(20(23,24)25)12-16(11-14)21(26,27)28/h4-7,10-12H,1-3,8-9H2/p+1. The molecule has 31 heavy (non-hydrogen) atoms. The number of nitrogens with zero attached hydrogens (tertiary/aromatic N) is 1. The molecule has 2 aromatic rings. The van der Waals surface area contributed by atoms with Crippen LogP contribution in [-0.4, -0.2) is 22.8 Å². The van der Waals surface area contributed by atoms with Gasteiger partial charge in [0.25, 0.3) is 0 Å². The smallest absolute Gasteiger partial charge is 0.264 e. The second-order valence-electron chi connectivity index (χ2n) is 7.21. The Bertz CT molecular complexity index is 964. The molecule has 3 rings (SSSR count). The van der Waals surface area contributed by atoms with Gasteiger partial charge < -0.3 is 0 Å². The van der Waals surface area contributed by atoms with E-state index in [4.69, 9.17) is 0 Å². The van der Waals surface area contributed by atoms with Crippen molar-refractivity contribution in [1.82, 2.24) is 5.43 Å². The van der Waals surface area contributed by atoms with Crippen LogP contribution >= 0.6 is 15.9 Å². The van der Waals surface area contributed by atoms with Crippen LogP contribution in [0.2, 0.25) is 0 Å². The molecule has 0 aliphatic carbocycles. The number of alkyl halides is 6. The minimum absolute atomic E-state index is 0.00274. The average molecular weight is 508 g/mol. The predicted molar refractivity (Wildman–Crippen MR) is 106 cm³/mol. The summed E-state index contributed by atoms with van der Waals surface area (Å²) in [7, 11) is 0. The molecule has 2 aromatic carbocycles. The quantitative estimate of drug-likeness (QED) is 0.398. The number of rotatable bonds is 4. The summed E-state index contributed by atoms with van der Waals surface area (Å²) < 4.78 is 80.9. The number of carbonyl (C=O) groups excluding carboxylic acids is 1. The van der Waals surface area contributed by atoms with Crippen molar-refractivity contribution >= 4 is 27.5 Å². The lowest BCUT2D eigenvalue weighted by Gasteiger charge is -2.16. The molecule has 1 heterocycles. The molecular weight excluding hydrogens is 490 g/mol. The summed E-state index contributed by atoms with van der Waals surface area (Å²) in [5.74, 6) is -1.02. The van der Waals surface area contributed by atoms with Crippen molar-refractivity contribution in [3.63, 3.8) is 0 Å². The first kappa shape index (κ1) is 23.3. The van der Waals surface area contributed by atoms with E-state index in [9.17, 15) is 31.1 Å². The number of amides is 1. The number of hydrazine groups is 1. The van der Waals surface area contributed by atoms with Gasteiger partial charge in [0.05, 0.1) is 17.5 Å². The van der Waals surface area contributed by atoms with Crippen molar-refractivity contribution in [2.24, 2.45) is 0 Å². The van der Waals surface area contributed by atoms with Crippen LogP contribution in [0.3, 0.4) is 0 Å². The largest absolute Gasteiger partial charge is 0.416 e. The molecule has 1 aliphatic heterocycles. The van der Waals surface area contributed by atoms with Crippen molar-refractivity contribution in [2.75, 3.05) is 6.54 Å². The van der Waals surface area contributed by atoms with Gasteiger partial charge in [0.2, 0.25) is 0 Å². The highest BCUT2D eigenvalue weighted by Crippen LogP contribution is 2.36. The Kier molecular flexibility index (Phi) is 6.78. The van der Waals surface area contributed by atoms with Gasteiger partial charge in [-0.15, -0.1) is 10.1 Å². The van der Waals surface area contributed by atoms with E-state index in [1.54, 1.807) is 0 Å². The van der Waals surface area contributed by atoms with E-state index in [0.29, 0.717) is 31.5 Å². The third-order valence-corrected chi connectivity index (χ3v) is 5.42. The molecule has 10 heteroatoms. The number of hydrazone groups is 1. The Morgan fingerprint density at radius 3 is 2.06 bits per heavy atom. The van der Waals surface area contributed by atoms with Gasteiger partial charge in [-0.25, -0.2) is 0 Å². The van der Waals surface area contributed by atoms with Crippen molar-refractivity contribution in [2.45, 2.75) is 38.0 Å². The zero-order valence-corrected chi connectivity index (χ0v) is 17.7. The fraction of sp³-hybridized carbons (Fsp3) is 0.333. The molecule has 3 nitrogen and oxygen atoms in total. The maximum absolute atomic E-state index is 13.1. The Morgan fingerprint density at radius 1 is 0.935 bits per heavy atom. The Labute approximate surface area is 182 Å². The third kappa shape index (κ3) is 6.09. The third-order valence-electron chi connectivity index (χ3n) is 4.89. The summed E-state index contributed by atoms with van der Waals surface area (Å²) in [6, 6.07) is 8.39. The van der Waals surface area contributed by atoms with Gasteiger partial charge in [0.1, 0.15) is 0 Å². The summed E-state index contributed by atoms with van der Waals surface area (Å²) >= 11 is 3.35. The molecule has 0 saturated carbocycles. The molecule has 0 atom stereocenters. The summed E-state index contributed by atoms with van der Waals surface area (Å²) in [5.41, 5.74) is 0.551. The van der Waals surface area contributed by atoms with Crippen LogP contribution in [0.4, 0.5) is 26.3 Å². The Hall–Kier alpha value is -2.36. The molecule has 0 radical (unpaired) electrons. The SMILES string of the molecule is O=C(N[N+]1=C(Cc2ccc(Br)cc2)CCCC1)c1cc(C(F)(F)F)cc(C(F)(F)F)c1. The van der Waals surface area contributed by atoms with Gasteiger partial charge >= 0.3 is 18.3 Å². The zero-order chi connectivity index (χ0) is 22.8. The van der Waals surface area contributed by atoms with E-state index in [1.807, 2.05) is 24.3 Å². The van der Waals surface area contributed by atoms with Crippen LogP contribution in [-0.2, 0) is 18.8 Å². The van der Waals surface area contributed by atoms with Crippen molar-refractivity contribution < 1.29 is 35.8 Å². The molecule has 0 spiro atoms. The van der Waals surface area contributed by atoms with Crippen molar-refractivity contribution in [3.8, 4) is 0 Å². The molecule has 1 amide bonds. The number of hydrogen-bond donors (Lipinski definition) is 1. The van der Waals surface area contributed by atoms with Crippen LogP contribution in [0.1, 0.15) is 46.3 Å². The lowest BCUT2D eigenvalue weighted by Crippen LogP contribution is -2.42. The van der Waals surface area contributed by atoms with E-state index in [0.717, 1.165) is 28.6 Å². The maximum Gasteiger partial charge on any atom is 0.416 e. The van der Waals surface area contributed by atoms with Crippen molar-refractivity contribution in [1.29, 1.82) is 0 Å². The van der Waals surface area contributed by atoms with Gasteiger partial charge in [0, 0.05) is 22.9 Å². The molecule has 0 unspecified atom stereocenters. The minimum Gasteiger partial charge on any atom is -0.264 e. The summed E-state index contributed by atoms with van der Waals surface area (Å²) in [6.45, 7) is 0.419. The topological polar surface area (TPSA) is 32.1 Å². The van der Waals surface area contributed by atoms with Crippen molar-refractivity contribution in [3.05, 3.63) is 69.2 Å². The average Bonchev–Trinajstić information content (AvgIpc) is 2.69. The number of nitrogens with one attached hydrogen (secondary N) is 1. The molecule has 1 N–H and O–H groups in total. The zero-order valence-electron chi connectivity index (χ0n) is 16.1. The first-order valence-corrected chi connectivity index (χ1v) is 10.2. The van der Waals surface area contributed by atoms with Crippen LogP contribution in [0.5, 0.6) is 0 Å². The molecule has 0 saturated heterocycles. The monoisotopic (exact) mass is 507 g/mol. The van der Waals surface area contributed by atoms with Crippen LogP contribution in [0, 0.1) is 0 Å². The van der Waals surface area contributed by atoms with Gasteiger partial charge in [0.15, 0.2) is 12.3 Å². The molecule has 0 aromatic heterocycles. The molecule has 0 bridgehead atoms. The molecule has 1 aliphatic rings. The second-order valence-corrected chi connectivity index (χ2v) is 8.13. The normalized spacial score (nSPS) is 15.2. The van der Waals surface area contributed by atoms with Gasteiger partial charge in [-0.05, 0) is 42.3 Å². The first-order valence-electron chi connectivity index (χ1n) is 9.40. The fourth-order valence-corrected chi connectivity index (χ4v) is 3.59. The summed E-state index contributed by atoms with van der Waals surface area (Å²) in [6.07, 6.45) is -7.25. The van der Waals surface area contributed by atoms with E-state index < -0.39 is 35.0 Å². The number of hydrogen-bond acceptors (Lipinski definition) is 1. The molecule has 166 valence electrons. The molecular formula is C21H18BrF6N2O+. The highest BCUT2D eigenvalue weighted by molar-refractivity contribution is 9.10. The van der Waals surface area contributed by atoms with Crippen LogP contribution in [0.25, 0.3) is 0 Å². The van der Waals surface area contributed by atoms with Crippen LogP contribution in [0.15, 0.2) is 46.9 Å². The summed E-state index contributed by atoms with van der Waals surface area (Å²) in [4.78, 5) is 12.6. The maximum atomic E-state index is 13.1. The number of carbonyl (C=O) groups is 1. The van der Waals surface area contributed by atoms with E-state index in [-0.39, 0.29) is 6.07 Å². The number of halogens is 7. The lowest BCUT2D eigenvalue weighted by atomic mass is 10.0. The Balaban J connectivity index is 1.91. The number of benzene rings is 2. The fourth-order valence-electron chi connectivity index (χ4n) is 3.32. The van der Waals surface area contributed by atoms with E-state index in [1.165, 1.54) is 4.68 Å². The highest BCUT2D eigenvalue weighted by Gasteiger charge is 2.38. The van der Waals surface area contributed by atoms with E-state index >= 15 is 0 Å². The highest BCUT2D eigenvalue weighted by atomic mass is 79.9. The van der Waals surface area contributed by atoms with Crippen LogP contribution < -0.4 is 5.43 Å². The minimum atomic E-state index is -5.01. The van der Waals surface area contributed by atoms with Gasteiger partial charge in [-0.2, -0.15) is 26.3 Å². The summed E-state index contributed by atoms with van der Waals surface area (Å²) in [5, 5.41) is 0. The Morgan fingerprint density at radius 2 is 1.52 bits per heavy atom. The first-order chi connectivity index (χ1) is 14.4. The predicted octanol–water partition coefficient (Wildman–Crippen LogP) is 6.01. The molecule has 0 fully saturated rings. The lowest BCUT2D eigenvalue weighted by molar-refractivity contribution is -0.578. The second kappa shape index (κ2) is 9.02. The van der Waals surface area contributed by atoms with Gasteiger partial charge in [-0.3, -0.25) is 4.79 Å².